The summed E-state index contributed by atoms with van der Waals surface area (Å²) in [6, 6.07) is 3.63. The van der Waals surface area contributed by atoms with E-state index >= 15 is 0 Å². The quantitative estimate of drug-likeness (QED) is 0.779. The molecule has 0 aliphatic heterocycles. The van der Waals surface area contributed by atoms with E-state index < -0.39 is 5.76 Å². The van der Waals surface area contributed by atoms with Gasteiger partial charge in [0.15, 0.2) is 0 Å². The third-order valence-electron chi connectivity index (χ3n) is 3.26. The number of rotatable bonds is 8. The zero-order valence-corrected chi connectivity index (χ0v) is 11.3. The van der Waals surface area contributed by atoms with Crippen LogP contribution in [-0.4, -0.2) is 12.3 Å². The summed E-state index contributed by atoms with van der Waals surface area (Å²) in [5, 5.41) is 3.35. The third kappa shape index (κ3) is 4.61. The second-order valence-corrected chi connectivity index (χ2v) is 5.86. The Morgan fingerprint density at radius 2 is 2.11 bits per heavy atom. The van der Waals surface area contributed by atoms with Gasteiger partial charge in [0.2, 0.25) is 0 Å². The molecule has 0 aromatic carbocycles. The lowest BCUT2D eigenvalue weighted by Crippen LogP contribution is -2.21. The average Bonchev–Trinajstić information content (AvgIpc) is 3.08. The highest BCUT2D eigenvalue weighted by Gasteiger charge is 2.27. The highest BCUT2D eigenvalue weighted by molar-refractivity contribution is 7.98. The molecule has 18 heavy (non-hydrogen) atoms. The Balaban J connectivity index is 1.66. The molecular formula is C13H19F2NOS. The van der Waals surface area contributed by atoms with E-state index in [9.17, 15) is 8.78 Å². The van der Waals surface area contributed by atoms with Gasteiger partial charge < -0.3 is 9.73 Å². The van der Waals surface area contributed by atoms with Gasteiger partial charge in [0.05, 0.1) is 12.3 Å². The summed E-state index contributed by atoms with van der Waals surface area (Å²) in [5.74, 6) is 0.947. The van der Waals surface area contributed by atoms with E-state index in [-0.39, 0.29) is 5.75 Å². The topological polar surface area (TPSA) is 25.2 Å². The third-order valence-corrected chi connectivity index (χ3v) is 3.96. The van der Waals surface area contributed by atoms with E-state index in [0.717, 1.165) is 18.2 Å². The predicted octanol–water partition coefficient (Wildman–Crippen LogP) is 3.87. The van der Waals surface area contributed by atoms with Gasteiger partial charge in [-0.2, -0.15) is 8.78 Å². The fourth-order valence-electron chi connectivity index (χ4n) is 1.99. The Morgan fingerprint density at radius 3 is 2.78 bits per heavy atom. The summed E-state index contributed by atoms with van der Waals surface area (Å²) in [6.07, 6.45) is 2.72. The van der Waals surface area contributed by atoms with Gasteiger partial charge in [-0.25, -0.2) is 0 Å². The largest absolute Gasteiger partial charge is 0.464 e. The SMILES string of the molecule is CC(CNCc1ccc(CSC(F)F)o1)C1CC1. The molecule has 5 heteroatoms. The number of alkyl halides is 2. The molecule has 1 atom stereocenters. The van der Waals surface area contributed by atoms with Crippen LogP contribution in [0, 0.1) is 11.8 Å². The molecule has 0 bridgehead atoms. The molecule has 1 aliphatic carbocycles. The zero-order chi connectivity index (χ0) is 13.0. The van der Waals surface area contributed by atoms with Crippen molar-refractivity contribution in [3.63, 3.8) is 0 Å². The average molecular weight is 275 g/mol. The van der Waals surface area contributed by atoms with Crippen LogP contribution in [0.5, 0.6) is 0 Å². The number of thioether (sulfide) groups is 1. The van der Waals surface area contributed by atoms with Crippen LogP contribution in [0.2, 0.25) is 0 Å². The van der Waals surface area contributed by atoms with Crippen molar-refractivity contribution in [3.8, 4) is 0 Å². The molecule has 1 saturated carbocycles. The van der Waals surface area contributed by atoms with Crippen LogP contribution in [0.25, 0.3) is 0 Å². The molecule has 1 aliphatic rings. The zero-order valence-electron chi connectivity index (χ0n) is 10.5. The molecular weight excluding hydrogens is 256 g/mol. The van der Waals surface area contributed by atoms with Crippen molar-refractivity contribution in [1.29, 1.82) is 0 Å². The van der Waals surface area contributed by atoms with Gasteiger partial charge in [0, 0.05) is 0 Å². The van der Waals surface area contributed by atoms with E-state index in [2.05, 4.69) is 12.2 Å². The van der Waals surface area contributed by atoms with Gasteiger partial charge in [-0.3, -0.25) is 0 Å². The van der Waals surface area contributed by atoms with Crippen LogP contribution in [0.1, 0.15) is 31.3 Å². The molecule has 0 saturated heterocycles. The summed E-state index contributed by atoms with van der Waals surface area (Å²) >= 11 is 0.591. The minimum atomic E-state index is -2.34. The van der Waals surface area contributed by atoms with Crippen molar-refractivity contribution in [3.05, 3.63) is 23.7 Å². The van der Waals surface area contributed by atoms with Crippen molar-refractivity contribution in [2.24, 2.45) is 11.8 Å². The Bertz CT molecular complexity index is 366. The first kappa shape index (κ1) is 13.9. The lowest BCUT2D eigenvalue weighted by molar-refractivity contribution is 0.251. The van der Waals surface area contributed by atoms with Crippen LogP contribution < -0.4 is 5.32 Å². The monoisotopic (exact) mass is 275 g/mol. The molecule has 2 rings (SSSR count). The summed E-state index contributed by atoms with van der Waals surface area (Å²) in [6.45, 7) is 3.93. The van der Waals surface area contributed by atoms with Gasteiger partial charge in [0.25, 0.3) is 5.76 Å². The van der Waals surface area contributed by atoms with Crippen molar-refractivity contribution in [2.75, 3.05) is 6.54 Å². The highest BCUT2D eigenvalue weighted by Crippen LogP contribution is 2.36. The molecule has 1 fully saturated rings. The number of furan rings is 1. The Kier molecular flexibility index (Phi) is 5.06. The maximum Gasteiger partial charge on any atom is 0.284 e. The summed E-state index contributed by atoms with van der Waals surface area (Å²) in [7, 11) is 0. The van der Waals surface area contributed by atoms with E-state index in [1.54, 1.807) is 6.07 Å². The fraction of sp³-hybridized carbons (Fsp3) is 0.692. The van der Waals surface area contributed by atoms with Crippen molar-refractivity contribution in [1.82, 2.24) is 5.32 Å². The van der Waals surface area contributed by atoms with E-state index in [1.165, 1.54) is 12.8 Å². The molecule has 1 unspecified atom stereocenters. The van der Waals surface area contributed by atoms with Gasteiger partial charge in [0.1, 0.15) is 11.5 Å². The number of hydrogen-bond acceptors (Lipinski definition) is 3. The van der Waals surface area contributed by atoms with Crippen LogP contribution in [0.3, 0.4) is 0 Å². The second-order valence-electron chi connectivity index (χ2n) is 4.89. The van der Waals surface area contributed by atoms with Gasteiger partial charge >= 0.3 is 0 Å². The molecule has 0 amide bonds. The van der Waals surface area contributed by atoms with Gasteiger partial charge in [-0.1, -0.05) is 18.7 Å². The number of hydrogen-bond donors (Lipinski definition) is 1. The van der Waals surface area contributed by atoms with E-state index in [4.69, 9.17) is 4.42 Å². The lowest BCUT2D eigenvalue weighted by atomic mass is 10.1. The molecule has 1 aromatic heterocycles. The minimum absolute atomic E-state index is 0.232. The summed E-state index contributed by atoms with van der Waals surface area (Å²) in [4.78, 5) is 0. The molecule has 1 heterocycles. The number of halogens is 2. The predicted molar refractivity (Wildman–Crippen MR) is 69.6 cm³/mol. The molecule has 1 aromatic rings. The van der Waals surface area contributed by atoms with Crippen molar-refractivity contribution < 1.29 is 13.2 Å². The first-order chi connectivity index (χ1) is 8.65. The molecule has 102 valence electrons. The standard InChI is InChI=1S/C13H19F2NOS/c1-9(10-2-3-10)6-16-7-11-4-5-12(17-11)8-18-13(14)15/h4-5,9-10,13,16H,2-3,6-8H2,1H3. The summed E-state index contributed by atoms with van der Waals surface area (Å²) in [5.41, 5.74) is 0. The Hall–Kier alpha value is -0.550. The normalized spacial score (nSPS) is 17.3. The maximum absolute atomic E-state index is 12.0. The van der Waals surface area contributed by atoms with Crippen LogP contribution >= 0.6 is 11.8 Å². The first-order valence-electron chi connectivity index (χ1n) is 6.33. The highest BCUT2D eigenvalue weighted by atomic mass is 32.2. The first-order valence-corrected chi connectivity index (χ1v) is 7.38. The van der Waals surface area contributed by atoms with Crippen LogP contribution in [-0.2, 0) is 12.3 Å². The van der Waals surface area contributed by atoms with Crippen molar-refractivity contribution >= 4 is 11.8 Å². The smallest absolute Gasteiger partial charge is 0.284 e. The van der Waals surface area contributed by atoms with Crippen LogP contribution in [0.15, 0.2) is 16.5 Å². The van der Waals surface area contributed by atoms with Gasteiger partial charge in [-0.05, 0) is 43.4 Å². The number of nitrogens with one attached hydrogen (secondary N) is 1. The van der Waals surface area contributed by atoms with E-state index in [1.807, 2.05) is 6.07 Å². The maximum atomic E-state index is 12.0. The molecule has 0 radical (unpaired) electrons. The molecule has 1 N–H and O–H groups in total. The second kappa shape index (κ2) is 6.57. The van der Waals surface area contributed by atoms with E-state index in [0.29, 0.717) is 30.0 Å². The van der Waals surface area contributed by atoms with Gasteiger partial charge in [-0.15, -0.1) is 0 Å². The van der Waals surface area contributed by atoms with Crippen molar-refractivity contribution in [2.45, 2.75) is 37.8 Å². The van der Waals surface area contributed by atoms with Crippen LogP contribution in [0.4, 0.5) is 8.78 Å². The Labute approximate surface area is 111 Å². The lowest BCUT2D eigenvalue weighted by Gasteiger charge is -2.09. The Morgan fingerprint density at radius 1 is 1.39 bits per heavy atom. The molecule has 2 nitrogen and oxygen atoms in total. The molecule has 0 spiro atoms. The fourth-order valence-corrected chi connectivity index (χ4v) is 2.44. The minimum Gasteiger partial charge on any atom is -0.464 e. The summed E-state index contributed by atoms with van der Waals surface area (Å²) < 4.78 is 29.5.